The Balaban J connectivity index is 1.51. The summed E-state index contributed by atoms with van der Waals surface area (Å²) in [5.41, 5.74) is 1.73. The molecule has 0 unspecified atom stereocenters. The van der Waals surface area contributed by atoms with Crippen LogP contribution >= 0.6 is 0 Å². The van der Waals surface area contributed by atoms with Crippen LogP contribution in [0, 0.1) is 21.4 Å². The molecule has 0 saturated carbocycles. The molecule has 10 heteroatoms. The molecule has 1 aromatic heterocycles. The van der Waals surface area contributed by atoms with Crippen molar-refractivity contribution in [3.05, 3.63) is 75.6 Å². The lowest BCUT2D eigenvalue weighted by atomic mass is 10.00. The Morgan fingerprint density at radius 1 is 1.12 bits per heavy atom. The van der Waals surface area contributed by atoms with Crippen molar-refractivity contribution in [3.63, 3.8) is 0 Å². The number of nitriles is 1. The van der Waals surface area contributed by atoms with Crippen LogP contribution in [-0.4, -0.2) is 50.3 Å². The van der Waals surface area contributed by atoms with E-state index >= 15 is 0 Å². The number of benzene rings is 3. The fourth-order valence-corrected chi connectivity index (χ4v) is 5.51. The van der Waals surface area contributed by atoms with Crippen LogP contribution in [0.2, 0.25) is 0 Å². The van der Waals surface area contributed by atoms with Gasteiger partial charge in [-0.1, -0.05) is 44.2 Å². The molecule has 4 aromatic rings. The second-order valence-corrected chi connectivity index (χ2v) is 12.0. The molecule has 0 radical (unpaired) electrons. The van der Waals surface area contributed by atoms with Crippen LogP contribution in [0.4, 0.5) is 10.5 Å². The number of rotatable bonds is 6. The summed E-state index contributed by atoms with van der Waals surface area (Å²) < 4.78 is 13.7. The van der Waals surface area contributed by atoms with Crippen LogP contribution in [0.15, 0.2) is 48.5 Å². The Kier molecular flexibility index (Phi) is 7.78. The van der Waals surface area contributed by atoms with Gasteiger partial charge in [0.2, 0.25) is 0 Å². The summed E-state index contributed by atoms with van der Waals surface area (Å²) >= 11 is 0. The quantitative estimate of drug-likeness (QED) is 0.182. The van der Waals surface area contributed by atoms with Crippen molar-refractivity contribution < 1.29 is 19.2 Å². The molecule has 3 aromatic carbocycles. The van der Waals surface area contributed by atoms with Gasteiger partial charge >= 0.3 is 11.8 Å². The fraction of sp³-hybridized carbons (Fsp3) is 0.406. The molecule has 1 aliphatic rings. The van der Waals surface area contributed by atoms with Crippen LogP contribution in [0.25, 0.3) is 21.8 Å². The van der Waals surface area contributed by atoms with E-state index in [-0.39, 0.29) is 29.6 Å². The average Bonchev–Trinajstić information content (AvgIpc) is 3.31. The SMILES string of the molecule is CC(C)c1nc2ccc(OC3CCN(C(=O)OC(C)(C)C)CC3)c([N+](=O)[O-])c2n1Cc1ccc(C#N)c2ccccc12. The highest BCUT2D eigenvalue weighted by Gasteiger charge is 2.32. The smallest absolute Gasteiger partial charge is 0.410 e. The van der Waals surface area contributed by atoms with Gasteiger partial charge in [0.1, 0.15) is 17.5 Å². The predicted molar refractivity (Wildman–Crippen MR) is 160 cm³/mol. The lowest BCUT2D eigenvalue weighted by Crippen LogP contribution is -2.44. The molecule has 0 N–H and O–H groups in total. The molecule has 2 heterocycles. The van der Waals surface area contributed by atoms with Gasteiger partial charge in [0.15, 0.2) is 11.3 Å². The average molecular weight is 570 g/mol. The second-order valence-electron chi connectivity index (χ2n) is 12.0. The number of ether oxygens (including phenoxy) is 2. The Morgan fingerprint density at radius 3 is 2.43 bits per heavy atom. The van der Waals surface area contributed by atoms with E-state index in [0.717, 1.165) is 22.2 Å². The zero-order valence-corrected chi connectivity index (χ0v) is 24.6. The van der Waals surface area contributed by atoms with Gasteiger partial charge in [0.05, 0.1) is 28.6 Å². The van der Waals surface area contributed by atoms with Gasteiger partial charge in [-0.15, -0.1) is 0 Å². The third-order valence-corrected chi connectivity index (χ3v) is 7.42. The zero-order valence-electron chi connectivity index (χ0n) is 24.6. The summed E-state index contributed by atoms with van der Waals surface area (Å²) in [5, 5.41) is 24.0. The molecule has 1 fully saturated rings. The normalized spacial score (nSPS) is 14.4. The number of likely N-dealkylation sites (tertiary alicyclic amines) is 1. The molecule has 1 aliphatic heterocycles. The minimum Gasteiger partial charge on any atom is -0.483 e. The van der Waals surface area contributed by atoms with E-state index in [4.69, 9.17) is 14.5 Å². The van der Waals surface area contributed by atoms with Gasteiger partial charge in [0, 0.05) is 31.8 Å². The van der Waals surface area contributed by atoms with E-state index in [9.17, 15) is 20.2 Å². The minimum atomic E-state index is -0.581. The van der Waals surface area contributed by atoms with E-state index in [0.29, 0.717) is 49.1 Å². The van der Waals surface area contributed by atoms with Gasteiger partial charge in [0.25, 0.3) is 0 Å². The first-order valence-electron chi connectivity index (χ1n) is 14.2. The Morgan fingerprint density at radius 2 is 1.81 bits per heavy atom. The Labute approximate surface area is 244 Å². The highest BCUT2D eigenvalue weighted by atomic mass is 16.6. The molecule has 1 amide bonds. The summed E-state index contributed by atoms with van der Waals surface area (Å²) in [6.45, 7) is 10.7. The molecule has 5 rings (SSSR count). The summed E-state index contributed by atoms with van der Waals surface area (Å²) in [6, 6.07) is 17.0. The van der Waals surface area contributed by atoms with Crippen molar-refractivity contribution in [2.75, 3.05) is 13.1 Å². The highest BCUT2D eigenvalue weighted by molar-refractivity contribution is 5.92. The lowest BCUT2D eigenvalue weighted by Gasteiger charge is -2.33. The number of hydrogen-bond acceptors (Lipinski definition) is 7. The standard InChI is InChI=1S/C32H35N5O5/c1-20(2)30-34-26-12-13-27(41-23-14-16-35(17-15-23)31(38)42-32(3,4)5)29(37(39)40)28(26)36(30)19-22-11-10-21(18-33)24-8-6-7-9-25(22)24/h6-13,20,23H,14-17,19H2,1-5H3. The third-order valence-electron chi connectivity index (χ3n) is 7.42. The third kappa shape index (κ3) is 5.73. The number of fused-ring (bicyclic) bond motifs is 2. The van der Waals surface area contributed by atoms with Gasteiger partial charge in [-0.05, 0) is 55.3 Å². The van der Waals surface area contributed by atoms with E-state index in [2.05, 4.69) is 6.07 Å². The molecule has 218 valence electrons. The molecule has 0 spiro atoms. The van der Waals surface area contributed by atoms with Gasteiger partial charge in [-0.3, -0.25) is 10.1 Å². The monoisotopic (exact) mass is 569 g/mol. The zero-order chi connectivity index (χ0) is 30.2. The molecular formula is C32H35N5O5. The number of hydrogen-bond donors (Lipinski definition) is 0. The first-order valence-corrected chi connectivity index (χ1v) is 14.2. The summed E-state index contributed by atoms with van der Waals surface area (Å²) in [7, 11) is 0. The maximum atomic E-state index is 12.6. The molecule has 0 bridgehead atoms. The van der Waals surface area contributed by atoms with Gasteiger partial charge < -0.3 is 18.9 Å². The van der Waals surface area contributed by atoms with Crippen molar-refractivity contribution in [1.82, 2.24) is 14.5 Å². The number of imidazole rings is 1. The summed E-state index contributed by atoms with van der Waals surface area (Å²) in [5.74, 6) is 0.914. The lowest BCUT2D eigenvalue weighted by molar-refractivity contribution is -0.384. The van der Waals surface area contributed by atoms with Crippen LogP contribution in [0.1, 0.15) is 70.3 Å². The van der Waals surface area contributed by atoms with Gasteiger partial charge in [-0.2, -0.15) is 5.26 Å². The van der Waals surface area contributed by atoms with E-state index < -0.39 is 10.5 Å². The maximum Gasteiger partial charge on any atom is 0.410 e. The number of amides is 1. The Bertz CT molecular complexity index is 1700. The van der Waals surface area contributed by atoms with Crippen molar-refractivity contribution in [3.8, 4) is 11.8 Å². The molecule has 0 atom stereocenters. The van der Waals surface area contributed by atoms with Crippen molar-refractivity contribution in [2.24, 2.45) is 0 Å². The number of piperidine rings is 1. The van der Waals surface area contributed by atoms with Gasteiger partial charge in [-0.25, -0.2) is 9.78 Å². The van der Waals surface area contributed by atoms with Crippen LogP contribution in [0.3, 0.4) is 0 Å². The molecule has 10 nitrogen and oxygen atoms in total. The second kappa shape index (κ2) is 11.3. The molecule has 42 heavy (non-hydrogen) atoms. The maximum absolute atomic E-state index is 12.6. The van der Waals surface area contributed by atoms with Crippen molar-refractivity contribution >= 4 is 33.6 Å². The van der Waals surface area contributed by atoms with Crippen LogP contribution in [0.5, 0.6) is 5.75 Å². The van der Waals surface area contributed by atoms with Crippen molar-refractivity contribution in [1.29, 1.82) is 5.26 Å². The number of nitro groups is 1. The molecule has 1 saturated heterocycles. The van der Waals surface area contributed by atoms with Crippen LogP contribution in [-0.2, 0) is 11.3 Å². The summed E-state index contributed by atoms with van der Waals surface area (Å²) in [6.07, 6.45) is 0.404. The van der Waals surface area contributed by atoms with E-state index in [1.165, 1.54) is 0 Å². The predicted octanol–water partition coefficient (Wildman–Crippen LogP) is 6.92. The number of carbonyl (C=O) groups is 1. The topological polar surface area (TPSA) is 124 Å². The van der Waals surface area contributed by atoms with E-state index in [1.54, 1.807) is 23.1 Å². The fourth-order valence-electron chi connectivity index (χ4n) is 5.51. The Hall–Kier alpha value is -4.65. The highest BCUT2D eigenvalue weighted by Crippen LogP contribution is 2.39. The summed E-state index contributed by atoms with van der Waals surface area (Å²) in [4.78, 5) is 31.1. The minimum absolute atomic E-state index is 0.00296. The molecular weight excluding hydrogens is 534 g/mol. The number of carbonyl (C=O) groups excluding carboxylic acids is 1. The number of aromatic nitrogens is 2. The van der Waals surface area contributed by atoms with E-state index in [1.807, 2.05) is 69.5 Å². The van der Waals surface area contributed by atoms with Crippen molar-refractivity contribution in [2.45, 2.75) is 71.6 Å². The largest absolute Gasteiger partial charge is 0.483 e. The first-order chi connectivity index (χ1) is 20.0. The first kappa shape index (κ1) is 28.9. The number of nitro benzene ring substituents is 1. The number of nitrogens with zero attached hydrogens (tertiary/aromatic N) is 5. The molecule has 0 aliphatic carbocycles. The van der Waals surface area contributed by atoms with Crippen LogP contribution < -0.4 is 4.74 Å².